The first-order valence-corrected chi connectivity index (χ1v) is 10.1. The highest BCUT2D eigenvalue weighted by molar-refractivity contribution is 6.29. The molecule has 0 saturated heterocycles. The number of nitrogens with zero attached hydrogens (tertiary/aromatic N) is 7. The van der Waals surface area contributed by atoms with Crippen LogP contribution in [0.4, 0.5) is 16.0 Å². The second kappa shape index (κ2) is 7.53. The van der Waals surface area contributed by atoms with E-state index in [-0.39, 0.29) is 5.82 Å². The number of benzene rings is 1. The Labute approximate surface area is 177 Å². The third kappa shape index (κ3) is 3.54. The summed E-state index contributed by atoms with van der Waals surface area (Å²) in [5.74, 6) is 2.07. The Morgan fingerprint density at radius 1 is 1.13 bits per heavy atom. The van der Waals surface area contributed by atoms with Gasteiger partial charge in [-0.25, -0.2) is 19.0 Å². The van der Waals surface area contributed by atoms with E-state index in [1.54, 1.807) is 29.2 Å². The molecule has 30 heavy (non-hydrogen) atoms. The average Bonchev–Trinajstić information content (AvgIpc) is 3.34. The van der Waals surface area contributed by atoms with Gasteiger partial charge >= 0.3 is 0 Å². The van der Waals surface area contributed by atoms with Gasteiger partial charge in [0.1, 0.15) is 23.1 Å². The van der Waals surface area contributed by atoms with Crippen LogP contribution >= 0.6 is 11.6 Å². The van der Waals surface area contributed by atoms with Crippen LogP contribution in [0.3, 0.4) is 0 Å². The number of aromatic nitrogens is 6. The van der Waals surface area contributed by atoms with Gasteiger partial charge in [-0.15, -0.1) is 0 Å². The maximum absolute atomic E-state index is 13.3. The van der Waals surface area contributed by atoms with Crippen molar-refractivity contribution in [1.29, 1.82) is 0 Å². The molecule has 1 aromatic carbocycles. The van der Waals surface area contributed by atoms with E-state index in [2.05, 4.69) is 26.0 Å². The van der Waals surface area contributed by atoms with Gasteiger partial charge in [0.05, 0.1) is 0 Å². The lowest BCUT2D eigenvalue weighted by Crippen LogP contribution is -2.28. The topological polar surface area (TPSA) is 64.7 Å². The van der Waals surface area contributed by atoms with Gasteiger partial charge in [0.2, 0.25) is 5.95 Å². The summed E-state index contributed by atoms with van der Waals surface area (Å²) in [5.41, 5.74) is 2.95. The van der Waals surface area contributed by atoms with Gasteiger partial charge in [0.25, 0.3) is 0 Å². The van der Waals surface area contributed by atoms with E-state index in [0.29, 0.717) is 11.6 Å². The number of hydrogen-bond donors (Lipinski definition) is 0. The van der Waals surface area contributed by atoms with Crippen LogP contribution < -0.4 is 4.90 Å². The van der Waals surface area contributed by atoms with Crippen LogP contribution in [0.25, 0.3) is 5.82 Å². The molecular formula is C21H19ClFN7. The van der Waals surface area contributed by atoms with Crippen molar-refractivity contribution in [2.45, 2.75) is 26.3 Å². The summed E-state index contributed by atoms with van der Waals surface area (Å²) in [4.78, 5) is 15.4. The number of aryl methyl sites for hydroxylation is 2. The number of fused-ring (bicyclic) bond motifs is 1. The minimum absolute atomic E-state index is 0.248. The molecular weight excluding hydrogens is 405 g/mol. The van der Waals surface area contributed by atoms with Crippen LogP contribution in [-0.2, 0) is 13.0 Å². The van der Waals surface area contributed by atoms with Crippen molar-refractivity contribution < 1.29 is 4.39 Å². The highest BCUT2D eigenvalue weighted by Crippen LogP contribution is 2.28. The summed E-state index contributed by atoms with van der Waals surface area (Å²) < 4.78 is 17.0. The minimum atomic E-state index is -0.248. The Morgan fingerprint density at radius 2 is 1.97 bits per heavy atom. The van der Waals surface area contributed by atoms with Gasteiger partial charge in [0, 0.05) is 37.6 Å². The molecule has 4 aromatic rings. The summed E-state index contributed by atoms with van der Waals surface area (Å²) in [7, 11) is 0. The molecule has 4 heterocycles. The number of halogens is 2. The monoisotopic (exact) mass is 423 g/mol. The largest absolute Gasteiger partial charge is 0.311 e. The average molecular weight is 424 g/mol. The maximum atomic E-state index is 13.3. The van der Waals surface area contributed by atoms with Gasteiger partial charge in [0.15, 0.2) is 5.82 Å². The Bertz CT molecular complexity index is 1200. The molecule has 7 nitrogen and oxygen atoms in total. The van der Waals surface area contributed by atoms with Gasteiger partial charge < -0.3 is 4.90 Å². The van der Waals surface area contributed by atoms with Gasteiger partial charge in [-0.3, -0.25) is 4.57 Å². The Hall–Kier alpha value is -3.26. The van der Waals surface area contributed by atoms with Crippen LogP contribution in [0.1, 0.15) is 23.4 Å². The fourth-order valence-electron chi connectivity index (χ4n) is 3.74. The van der Waals surface area contributed by atoms with Crippen molar-refractivity contribution in [2.24, 2.45) is 0 Å². The summed E-state index contributed by atoms with van der Waals surface area (Å²) in [6.07, 6.45) is 6.73. The molecule has 0 unspecified atom stereocenters. The standard InChI is InChI=1S/C21H19ClFN7/c1-14-9-15(11-24-20(14)28-12-18(22)25-13-28)10-19-26-21-29(7-2-8-30(21)27-19)17-5-3-16(23)4-6-17/h3-6,9,11-13H,2,7-8,10H2,1H3. The lowest BCUT2D eigenvalue weighted by molar-refractivity contribution is 0.535. The molecule has 0 fully saturated rings. The van der Waals surface area contributed by atoms with Crippen molar-refractivity contribution in [3.8, 4) is 5.82 Å². The van der Waals surface area contributed by atoms with Crippen molar-refractivity contribution in [3.05, 3.63) is 77.0 Å². The zero-order valence-corrected chi connectivity index (χ0v) is 17.1. The molecule has 9 heteroatoms. The van der Waals surface area contributed by atoms with E-state index in [1.807, 2.05) is 17.8 Å². The highest BCUT2D eigenvalue weighted by Gasteiger charge is 2.22. The third-order valence-electron chi connectivity index (χ3n) is 5.09. The van der Waals surface area contributed by atoms with E-state index < -0.39 is 0 Å². The van der Waals surface area contributed by atoms with Gasteiger partial charge in [-0.1, -0.05) is 17.7 Å². The molecule has 0 atom stereocenters. The van der Waals surface area contributed by atoms with E-state index in [0.717, 1.165) is 53.9 Å². The SMILES string of the molecule is Cc1cc(Cc2nc3n(n2)CCCN3c2ccc(F)cc2)cnc1-n1cnc(Cl)c1. The smallest absolute Gasteiger partial charge is 0.228 e. The van der Waals surface area contributed by atoms with Crippen molar-refractivity contribution in [1.82, 2.24) is 29.3 Å². The highest BCUT2D eigenvalue weighted by atomic mass is 35.5. The van der Waals surface area contributed by atoms with Gasteiger partial charge in [-0.05, 0) is 48.7 Å². The summed E-state index contributed by atoms with van der Waals surface area (Å²) in [5, 5.41) is 5.11. The fourth-order valence-corrected chi connectivity index (χ4v) is 3.89. The number of anilines is 2. The minimum Gasteiger partial charge on any atom is -0.311 e. The predicted octanol–water partition coefficient (Wildman–Crippen LogP) is 4.09. The van der Waals surface area contributed by atoms with E-state index in [4.69, 9.17) is 16.6 Å². The normalized spacial score (nSPS) is 13.5. The molecule has 0 radical (unpaired) electrons. The molecule has 0 N–H and O–H groups in total. The van der Waals surface area contributed by atoms with Crippen molar-refractivity contribution in [2.75, 3.05) is 11.4 Å². The van der Waals surface area contributed by atoms with Crippen LogP contribution in [0.2, 0.25) is 5.15 Å². The van der Waals surface area contributed by atoms with Crippen molar-refractivity contribution >= 4 is 23.2 Å². The number of imidazole rings is 1. The first kappa shape index (κ1) is 18.7. The van der Waals surface area contributed by atoms with E-state index in [1.165, 1.54) is 12.1 Å². The maximum Gasteiger partial charge on any atom is 0.228 e. The molecule has 1 aliphatic heterocycles. The molecule has 0 saturated carbocycles. The third-order valence-corrected chi connectivity index (χ3v) is 5.29. The van der Waals surface area contributed by atoms with Crippen molar-refractivity contribution in [3.63, 3.8) is 0 Å². The summed E-state index contributed by atoms with van der Waals surface area (Å²) in [6.45, 7) is 3.64. The first-order valence-electron chi connectivity index (χ1n) is 9.69. The summed E-state index contributed by atoms with van der Waals surface area (Å²) >= 11 is 5.91. The molecule has 0 aliphatic carbocycles. The molecule has 1 aliphatic rings. The second-order valence-electron chi connectivity index (χ2n) is 7.30. The predicted molar refractivity (Wildman–Crippen MR) is 112 cm³/mol. The Balaban J connectivity index is 1.40. The molecule has 5 rings (SSSR count). The van der Waals surface area contributed by atoms with Crippen LogP contribution in [0.15, 0.2) is 49.1 Å². The Morgan fingerprint density at radius 3 is 2.70 bits per heavy atom. The zero-order valence-electron chi connectivity index (χ0n) is 16.3. The molecule has 0 spiro atoms. The number of pyridine rings is 1. The second-order valence-corrected chi connectivity index (χ2v) is 7.68. The van der Waals surface area contributed by atoms with Crippen LogP contribution in [-0.4, -0.2) is 35.8 Å². The summed E-state index contributed by atoms with van der Waals surface area (Å²) in [6, 6.07) is 8.55. The molecule has 0 amide bonds. The van der Waals surface area contributed by atoms with Crippen LogP contribution in [0, 0.1) is 12.7 Å². The molecule has 3 aromatic heterocycles. The molecule has 0 bridgehead atoms. The van der Waals surface area contributed by atoms with E-state index >= 15 is 0 Å². The lowest BCUT2D eigenvalue weighted by Gasteiger charge is -2.27. The number of hydrogen-bond acceptors (Lipinski definition) is 5. The fraction of sp³-hybridized carbons (Fsp3) is 0.238. The zero-order chi connectivity index (χ0) is 20.7. The quantitative estimate of drug-likeness (QED) is 0.494. The Kier molecular flexibility index (Phi) is 4.71. The number of rotatable bonds is 4. The van der Waals surface area contributed by atoms with Crippen LogP contribution in [0.5, 0.6) is 0 Å². The van der Waals surface area contributed by atoms with E-state index in [9.17, 15) is 4.39 Å². The van der Waals surface area contributed by atoms with Gasteiger partial charge in [-0.2, -0.15) is 10.1 Å². The lowest BCUT2D eigenvalue weighted by atomic mass is 10.1. The molecule has 152 valence electrons. The first-order chi connectivity index (χ1) is 14.6.